The summed E-state index contributed by atoms with van der Waals surface area (Å²) in [6, 6.07) is 5.85. The van der Waals surface area contributed by atoms with Crippen molar-refractivity contribution in [1.29, 1.82) is 0 Å². The highest BCUT2D eigenvalue weighted by Crippen LogP contribution is 2.39. The number of hydrazine groups is 1. The van der Waals surface area contributed by atoms with Crippen molar-refractivity contribution >= 4 is 29.1 Å². The maximum atomic E-state index is 12.8. The zero-order valence-electron chi connectivity index (χ0n) is 14.5. The standard InChI is InChI=1S/C19H26Cl2N2O/c1-19(2)18(24)23(16-8-6-4-3-5-7-9-16)22(19)13-14-12-15(20)10-11-17(14)21/h10-12,16H,3-9,13H2,1-2H3. The van der Waals surface area contributed by atoms with E-state index in [1.165, 1.54) is 32.1 Å². The summed E-state index contributed by atoms with van der Waals surface area (Å²) in [6.45, 7) is 4.61. The molecule has 132 valence electrons. The van der Waals surface area contributed by atoms with Gasteiger partial charge in [-0.1, -0.05) is 55.3 Å². The Kier molecular flexibility index (Phi) is 5.43. The van der Waals surface area contributed by atoms with Crippen LogP contribution in [-0.2, 0) is 11.3 Å². The molecule has 2 aliphatic rings. The summed E-state index contributed by atoms with van der Waals surface area (Å²) >= 11 is 12.5. The smallest absolute Gasteiger partial charge is 0.258 e. The molecule has 0 unspecified atom stereocenters. The predicted octanol–water partition coefficient (Wildman–Crippen LogP) is 5.44. The van der Waals surface area contributed by atoms with Gasteiger partial charge < -0.3 is 0 Å². The van der Waals surface area contributed by atoms with E-state index in [2.05, 4.69) is 5.01 Å². The van der Waals surface area contributed by atoms with Crippen molar-refractivity contribution in [3.8, 4) is 0 Å². The lowest BCUT2D eigenvalue weighted by molar-refractivity contribution is -0.230. The molecule has 1 heterocycles. The van der Waals surface area contributed by atoms with Gasteiger partial charge in [-0.15, -0.1) is 0 Å². The lowest BCUT2D eigenvalue weighted by atomic mass is 9.90. The summed E-state index contributed by atoms with van der Waals surface area (Å²) in [6.07, 6.45) is 8.50. The van der Waals surface area contributed by atoms with E-state index in [9.17, 15) is 4.79 Å². The summed E-state index contributed by atoms with van der Waals surface area (Å²) in [4.78, 5) is 12.8. The number of rotatable bonds is 3. The Morgan fingerprint density at radius 1 is 1.08 bits per heavy atom. The zero-order valence-corrected chi connectivity index (χ0v) is 16.0. The van der Waals surface area contributed by atoms with E-state index in [0.717, 1.165) is 18.4 Å². The first-order valence-corrected chi connectivity index (χ1v) is 9.72. The first-order valence-electron chi connectivity index (χ1n) is 8.96. The molecule has 1 aliphatic carbocycles. The van der Waals surface area contributed by atoms with Crippen LogP contribution in [0.2, 0.25) is 10.0 Å². The van der Waals surface area contributed by atoms with Crippen LogP contribution in [0.3, 0.4) is 0 Å². The van der Waals surface area contributed by atoms with Crippen LogP contribution >= 0.6 is 23.2 Å². The molecule has 1 aliphatic heterocycles. The van der Waals surface area contributed by atoms with E-state index in [4.69, 9.17) is 23.2 Å². The average Bonchev–Trinajstić information content (AvgIpc) is 2.51. The fraction of sp³-hybridized carbons (Fsp3) is 0.632. The van der Waals surface area contributed by atoms with Gasteiger partial charge in [0.05, 0.1) is 0 Å². The normalized spacial score (nSPS) is 22.8. The van der Waals surface area contributed by atoms with Gasteiger partial charge in [0.1, 0.15) is 5.54 Å². The van der Waals surface area contributed by atoms with Crippen LogP contribution in [0, 0.1) is 0 Å². The van der Waals surface area contributed by atoms with Gasteiger partial charge in [-0.3, -0.25) is 9.80 Å². The van der Waals surface area contributed by atoms with E-state index < -0.39 is 5.54 Å². The van der Waals surface area contributed by atoms with E-state index in [0.29, 0.717) is 22.6 Å². The van der Waals surface area contributed by atoms with Crippen molar-refractivity contribution in [3.63, 3.8) is 0 Å². The average molecular weight is 369 g/mol. The second-order valence-electron chi connectivity index (χ2n) is 7.50. The molecule has 1 saturated carbocycles. The molecule has 1 aromatic rings. The van der Waals surface area contributed by atoms with Gasteiger partial charge in [-0.05, 0) is 50.5 Å². The summed E-state index contributed by atoms with van der Waals surface area (Å²) < 4.78 is 0. The molecule has 0 bridgehead atoms. The van der Waals surface area contributed by atoms with E-state index in [1.807, 2.05) is 31.0 Å². The Balaban J connectivity index is 1.80. The van der Waals surface area contributed by atoms with Crippen LogP contribution in [0.1, 0.15) is 64.4 Å². The number of benzene rings is 1. The third-order valence-electron chi connectivity index (χ3n) is 5.39. The Hall–Kier alpha value is -0.770. The van der Waals surface area contributed by atoms with Crippen LogP contribution in [0.5, 0.6) is 0 Å². The molecule has 1 saturated heterocycles. The van der Waals surface area contributed by atoms with Crippen LogP contribution in [0.15, 0.2) is 18.2 Å². The van der Waals surface area contributed by atoms with Crippen LogP contribution < -0.4 is 0 Å². The van der Waals surface area contributed by atoms with Gasteiger partial charge >= 0.3 is 0 Å². The highest BCUT2D eigenvalue weighted by molar-refractivity contribution is 6.33. The molecule has 0 radical (unpaired) electrons. The molecule has 1 amide bonds. The van der Waals surface area contributed by atoms with Crippen molar-refractivity contribution in [2.45, 2.75) is 76.9 Å². The SMILES string of the molecule is CC1(C)C(=O)N(C2CCCCCCC2)N1Cc1cc(Cl)ccc1Cl. The monoisotopic (exact) mass is 368 g/mol. The molecule has 1 aromatic carbocycles. The summed E-state index contributed by atoms with van der Waals surface area (Å²) in [5, 5.41) is 5.56. The Bertz CT molecular complexity index is 609. The van der Waals surface area contributed by atoms with Gasteiger partial charge in [0.2, 0.25) is 0 Å². The molecule has 0 aromatic heterocycles. The van der Waals surface area contributed by atoms with Crippen LogP contribution in [0.4, 0.5) is 0 Å². The van der Waals surface area contributed by atoms with Gasteiger partial charge in [-0.2, -0.15) is 5.01 Å². The van der Waals surface area contributed by atoms with Crippen molar-refractivity contribution in [2.24, 2.45) is 0 Å². The molecule has 2 fully saturated rings. The molecule has 0 N–H and O–H groups in total. The van der Waals surface area contributed by atoms with Crippen molar-refractivity contribution < 1.29 is 4.79 Å². The van der Waals surface area contributed by atoms with Gasteiger partial charge in [0.25, 0.3) is 5.91 Å². The highest BCUT2D eigenvalue weighted by Gasteiger charge is 2.54. The first kappa shape index (κ1) is 18.0. The number of carbonyl (C=O) groups is 1. The second-order valence-corrected chi connectivity index (χ2v) is 8.34. The quantitative estimate of drug-likeness (QED) is 0.708. The van der Waals surface area contributed by atoms with E-state index >= 15 is 0 Å². The maximum absolute atomic E-state index is 12.8. The Morgan fingerprint density at radius 3 is 2.38 bits per heavy atom. The number of hydrogen-bond donors (Lipinski definition) is 0. The maximum Gasteiger partial charge on any atom is 0.258 e. The van der Waals surface area contributed by atoms with Crippen LogP contribution in [0.25, 0.3) is 0 Å². The second kappa shape index (κ2) is 7.23. The predicted molar refractivity (Wildman–Crippen MR) is 99.0 cm³/mol. The number of halogens is 2. The molecular formula is C19H26Cl2N2O. The molecule has 5 heteroatoms. The minimum absolute atomic E-state index is 0.228. The van der Waals surface area contributed by atoms with Crippen molar-refractivity contribution in [3.05, 3.63) is 33.8 Å². The number of carbonyl (C=O) groups excluding carboxylic acids is 1. The van der Waals surface area contributed by atoms with Crippen LogP contribution in [-0.4, -0.2) is 27.5 Å². The minimum Gasteiger partial charge on any atom is -0.271 e. The van der Waals surface area contributed by atoms with Crippen molar-refractivity contribution in [1.82, 2.24) is 10.0 Å². The molecular weight excluding hydrogens is 343 g/mol. The molecule has 0 atom stereocenters. The number of amides is 1. The number of hydrogen-bond acceptors (Lipinski definition) is 2. The molecule has 3 nitrogen and oxygen atoms in total. The molecule has 3 rings (SSSR count). The summed E-state index contributed by atoms with van der Waals surface area (Å²) in [5.74, 6) is 0.228. The van der Waals surface area contributed by atoms with E-state index in [-0.39, 0.29) is 5.91 Å². The Labute approximate surface area is 154 Å². The third kappa shape index (κ3) is 3.44. The first-order chi connectivity index (χ1) is 11.4. The van der Waals surface area contributed by atoms with Gasteiger partial charge in [0, 0.05) is 22.6 Å². The lowest BCUT2D eigenvalue weighted by Gasteiger charge is -2.58. The largest absolute Gasteiger partial charge is 0.271 e. The minimum atomic E-state index is -0.478. The highest BCUT2D eigenvalue weighted by atomic mass is 35.5. The fourth-order valence-corrected chi connectivity index (χ4v) is 4.24. The summed E-state index contributed by atoms with van der Waals surface area (Å²) in [7, 11) is 0. The van der Waals surface area contributed by atoms with Crippen molar-refractivity contribution in [2.75, 3.05) is 0 Å². The zero-order chi connectivity index (χ0) is 17.3. The van der Waals surface area contributed by atoms with E-state index in [1.54, 1.807) is 6.07 Å². The summed E-state index contributed by atoms with van der Waals surface area (Å²) in [5.41, 5.74) is 0.495. The fourth-order valence-electron chi connectivity index (χ4n) is 3.87. The third-order valence-corrected chi connectivity index (χ3v) is 5.99. The lowest BCUT2D eigenvalue weighted by Crippen LogP contribution is -2.76. The number of nitrogens with zero attached hydrogens (tertiary/aromatic N) is 2. The van der Waals surface area contributed by atoms with Gasteiger partial charge in [-0.25, -0.2) is 0 Å². The molecule has 0 spiro atoms. The Morgan fingerprint density at radius 2 is 1.71 bits per heavy atom. The van der Waals surface area contributed by atoms with Gasteiger partial charge in [0.15, 0.2) is 0 Å². The molecule has 24 heavy (non-hydrogen) atoms. The topological polar surface area (TPSA) is 23.6 Å².